The van der Waals surface area contributed by atoms with Crippen molar-refractivity contribution in [3.63, 3.8) is 0 Å². The number of nitriles is 1. The predicted molar refractivity (Wildman–Crippen MR) is 59.9 cm³/mol. The smallest absolute Gasteiger partial charge is 0.222 e. The van der Waals surface area contributed by atoms with Gasteiger partial charge in [-0.3, -0.25) is 4.79 Å². The Labute approximate surface area is 95.4 Å². The minimum atomic E-state index is -0.794. The van der Waals surface area contributed by atoms with E-state index in [9.17, 15) is 20.1 Å². The topological polar surface area (TPSA) is 102 Å². The molecule has 2 aromatic carbocycles. The van der Waals surface area contributed by atoms with E-state index in [1.165, 1.54) is 18.2 Å². The van der Waals surface area contributed by atoms with Crippen LogP contribution in [0, 0.1) is 11.3 Å². The number of nitrogens with zero attached hydrogens (tertiary/aromatic N) is 1. The highest BCUT2D eigenvalue weighted by molar-refractivity contribution is 5.95. The van der Waals surface area contributed by atoms with Gasteiger partial charge in [-0.25, -0.2) is 0 Å². The predicted octanol–water partition coefficient (Wildman–Crippen LogP) is 1.19. The molecule has 0 spiro atoms. The Morgan fingerprint density at radius 2 is 1.76 bits per heavy atom. The van der Waals surface area contributed by atoms with Gasteiger partial charge in [0.1, 0.15) is 0 Å². The molecule has 2 aromatic rings. The molecule has 0 amide bonds. The Hall–Kier alpha value is -2.74. The van der Waals surface area contributed by atoms with E-state index in [0.29, 0.717) is 0 Å². The second-order valence-corrected chi connectivity index (χ2v) is 3.47. The maximum atomic E-state index is 11.5. The summed E-state index contributed by atoms with van der Waals surface area (Å²) in [6, 6.07) is 6.70. The molecule has 84 valence electrons. The van der Waals surface area contributed by atoms with Gasteiger partial charge in [0, 0.05) is 6.07 Å². The summed E-state index contributed by atoms with van der Waals surface area (Å²) >= 11 is 0. The highest BCUT2D eigenvalue weighted by Crippen LogP contribution is 2.36. The summed E-state index contributed by atoms with van der Waals surface area (Å²) < 4.78 is 0. The van der Waals surface area contributed by atoms with Crippen LogP contribution in [0.25, 0.3) is 10.8 Å². The van der Waals surface area contributed by atoms with Gasteiger partial charge in [-0.1, -0.05) is 6.07 Å². The summed E-state index contributed by atoms with van der Waals surface area (Å²) in [5, 5.41) is 37.5. The SMILES string of the molecule is N#Cc1cc(=O)c(O)c2c(O)c(O)ccc2c1. The highest BCUT2D eigenvalue weighted by Gasteiger charge is 2.12. The van der Waals surface area contributed by atoms with Gasteiger partial charge in [0.25, 0.3) is 0 Å². The number of fused-ring (bicyclic) bond motifs is 1. The fourth-order valence-electron chi connectivity index (χ4n) is 1.57. The van der Waals surface area contributed by atoms with Crippen molar-refractivity contribution in [1.29, 1.82) is 5.26 Å². The lowest BCUT2D eigenvalue weighted by molar-refractivity contribution is 0.405. The van der Waals surface area contributed by atoms with Gasteiger partial charge in [-0.15, -0.1) is 0 Å². The zero-order valence-electron chi connectivity index (χ0n) is 8.51. The van der Waals surface area contributed by atoms with E-state index >= 15 is 0 Å². The van der Waals surface area contributed by atoms with Crippen LogP contribution in [0.1, 0.15) is 5.56 Å². The van der Waals surface area contributed by atoms with E-state index in [4.69, 9.17) is 5.26 Å². The molecule has 5 nitrogen and oxygen atoms in total. The average Bonchev–Trinajstić information content (AvgIpc) is 2.43. The first kappa shape index (κ1) is 10.8. The molecule has 0 bridgehead atoms. The maximum Gasteiger partial charge on any atom is 0.222 e. The lowest BCUT2D eigenvalue weighted by atomic mass is 10.1. The van der Waals surface area contributed by atoms with Crippen LogP contribution in [0.5, 0.6) is 17.2 Å². The van der Waals surface area contributed by atoms with Crippen molar-refractivity contribution in [3.05, 3.63) is 40.1 Å². The minimum absolute atomic E-state index is 0.0605. The molecular formula is C12H7NO4. The quantitative estimate of drug-likeness (QED) is 0.589. The van der Waals surface area contributed by atoms with Gasteiger partial charge < -0.3 is 15.3 Å². The number of aromatic hydroxyl groups is 3. The summed E-state index contributed by atoms with van der Waals surface area (Å²) in [6.45, 7) is 0. The molecule has 0 aromatic heterocycles. The second kappa shape index (κ2) is 3.68. The van der Waals surface area contributed by atoms with E-state index in [-0.39, 0.29) is 16.3 Å². The Kier molecular flexibility index (Phi) is 2.33. The van der Waals surface area contributed by atoms with Crippen molar-refractivity contribution in [2.24, 2.45) is 0 Å². The summed E-state index contributed by atoms with van der Waals surface area (Å²) in [7, 11) is 0. The first-order valence-electron chi connectivity index (χ1n) is 4.66. The molecular weight excluding hydrogens is 222 g/mol. The van der Waals surface area contributed by atoms with Crippen LogP contribution < -0.4 is 5.43 Å². The van der Waals surface area contributed by atoms with E-state index in [0.717, 1.165) is 6.07 Å². The average molecular weight is 229 g/mol. The Balaban J connectivity index is 3.13. The maximum absolute atomic E-state index is 11.5. The van der Waals surface area contributed by atoms with Crippen molar-refractivity contribution in [3.8, 4) is 23.3 Å². The van der Waals surface area contributed by atoms with Gasteiger partial charge in [0.05, 0.1) is 17.0 Å². The molecule has 5 heteroatoms. The minimum Gasteiger partial charge on any atom is -0.504 e. The largest absolute Gasteiger partial charge is 0.504 e. The lowest BCUT2D eigenvalue weighted by Gasteiger charge is -2.01. The molecule has 0 atom stereocenters. The van der Waals surface area contributed by atoms with Gasteiger partial charge in [-0.2, -0.15) is 5.26 Å². The standard InChI is InChI=1S/C12H7NO4/c13-5-6-3-7-1-2-8(14)11(16)10(7)12(17)9(15)4-6/h1-4,14,16H,(H,15,17). The Morgan fingerprint density at radius 1 is 1.06 bits per heavy atom. The second-order valence-electron chi connectivity index (χ2n) is 3.47. The van der Waals surface area contributed by atoms with E-state index in [1.807, 2.05) is 0 Å². The van der Waals surface area contributed by atoms with Crippen LogP contribution in [0.2, 0.25) is 0 Å². The van der Waals surface area contributed by atoms with Crippen LogP contribution in [0.3, 0.4) is 0 Å². The molecule has 0 heterocycles. The molecule has 0 unspecified atom stereocenters. The first-order chi connectivity index (χ1) is 8.04. The number of rotatable bonds is 0. The zero-order chi connectivity index (χ0) is 12.6. The van der Waals surface area contributed by atoms with Crippen molar-refractivity contribution >= 4 is 10.8 Å². The molecule has 0 fully saturated rings. The van der Waals surface area contributed by atoms with Gasteiger partial charge in [-0.05, 0) is 17.5 Å². The molecule has 0 saturated heterocycles. The number of hydrogen-bond donors (Lipinski definition) is 3. The third kappa shape index (κ3) is 1.62. The fraction of sp³-hybridized carbons (Fsp3) is 0. The van der Waals surface area contributed by atoms with Crippen LogP contribution in [-0.4, -0.2) is 15.3 Å². The van der Waals surface area contributed by atoms with Crippen LogP contribution in [0.4, 0.5) is 0 Å². The summed E-state index contributed by atoms with van der Waals surface area (Å²) in [5.41, 5.74) is -0.733. The molecule has 0 radical (unpaired) electrons. The van der Waals surface area contributed by atoms with Crippen molar-refractivity contribution < 1.29 is 15.3 Å². The molecule has 0 aliphatic heterocycles. The van der Waals surface area contributed by atoms with Crippen molar-refractivity contribution in [1.82, 2.24) is 0 Å². The lowest BCUT2D eigenvalue weighted by Crippen LogP contribution is -1.94. The molecule has 3 N–H and O–H groups in total. The number of phenolic OH excluding ortho intramolecular Hbond substituents is 2. The number of benzene rings is 1. The Bertz CT molecular complexity index is 716. The van der Waals surface area contributed by atoms with Crippen molar-refractivity contribution in [2.45, 2.75) is 0 Å². The third-order valence-corrected chi connectivity index (χ3v) is 2.39. The molecule has 0 aliphatic carbocycles. The molecule has 0 aliphatic rings. The van der Waals surface area contributed by atoms with Gasteiger partial charge in [0.15, 0.2) is 17.2 Å². The normalized spacial score (nSPS) is 10.1. The molecule has 0 saturated carbocycles. The first-order valence-corrected chi connectivity index (χ1v) is 4.66. The monoisotopic (exact) mass is 229 g/mol. The molecule has 2 rings (SSSR count). The van der Waals surface area contributed by atoms with E-state index < -0.39 is 22.7 Å². The summed E-state index contributed by atoms with van der Waals surface area (Å²) in [6.07, 6.45) is 0. The Morgan fingerprint density at radius 3 is 2.41 bits per heavy atom. The van der Waals surface area contributed by atoms with Gasteiger partial charge >= 0.3 is 0 Å². The van der Waals surface area contributed by atoms with Crippen LogP contribution >= 0.6 is 0 Å². The zero-order valence-corrected chi connectivity index (χ0v) is 8.51. The van der Waals surface area contributed by atoms with E-state index in [1.54, 1.807) is 6.07 Å². The number of phenols is 2. The van der Waals surface area contributed by atoms with Gasteiger partial charge in [0.2, 0.25) is 5.43 Å². The van der Waals surface area contributed by atoms with Crippen molar-refractivity contribution in [2.75, 3.05) is 0 Å². The van der Waals surface area contributed by atoms with Crippen LogP contribution in [0.15, 0.2) is 29.1 Å². The van der Waals surface area contributed by atoms with E-state index in [2.05, 4.69) is 0 Å². The summed E-state index contributed by atoms with van der Waals surface area (Å²) in [4.78, 5) is 11.5. The third-order valence-electron chi connectivity index (χ3n) is 2.39. The number of hydrogen-bond acceptors (Lipinski definition) is 5. The fourth-order valence-corrected chi connectivity index (χ4v) is 1.57. The van der Waals surface area contributed by atoms with Crippen LogP contribution in [-0.2, 0) is 0 Å². The molecule has 17 heavy (non-hydrogen) atoms. The summed E-state index contributed by atoms with van der Waals surface area (Å²) in [5.74, 6) is -1.73. The highest BCUT2D eigenvalue weighted by atomic mass is 16.3.